The van der Waals surface area contributed by atoms with Crippen LogP contribution in [-0.4, -0.2) is 23.9 Å². The summed E-state index contributed by atoms with van der Waals surface area (Å²) in [6, 6.07) is 0. The molecule has 15 heavy (non-hydrogen) atoms. The van der Waals surface area contributed by atoms with Crippen molar-refractivity contribution in [1.82, 2.24) is 5.32 Å². The van der Waals surface area contributed by atoms with Gasteiger partial charge in [0.25, 0.3) is 0 Å². The largest absolute Gasteiger partial charge is 0.459 e. The number of ketones is 1. The van der Waals surface area contributed by atoms with Gasteiger partial charge in [-0.1, -0.05) is 0 Å². The molecule has 0 spiro atoms. The molecule has 1 aliphatic rings. The number of nitrogens with one attached hydrogen (secondary N) is 1. The van der Waals surface area contributed by atoms with Gasteiger partial charge in [0.1, 0.15) is 12.1 Å². The van der Waals surface area contributed by atoms with Crippen molar-refractivity contribution in [1.29, 1.82) is 0 Å². The lowest BCUT2D eigenvalue weighted by Crippen LogP contribution is -2.31. The number of hydrogen-bond acceptors (Lipinski definition) is 4. The van der Waals surface area contributed by atoms with Crippen LogP contribution < -0.4 is 5.32 Å². The molecular weight excluding hydrogens is 194 g/mol. The van der Waals surface area contributed by atoms with Crippen molar-refractivity contribution in [3.8, 4) is 0 Å². The van der Waals surface area contributed by atoms with Gasteiger partial charge in [0.05, 0.1) is 0 Å². The Balaban J connectivity index is 2.29. The second-order valence-electron chi connectivity index (χ2n) is 4.58. The maximum Gasteiger partial charge on any atom is 0.325 e. The second-order valence-corrected chi connectivity index (χ2v) is 4.58. The van der Waals surface area contributed by atoms with E-state index in [1.807, 2.05) is 20.8 Å². The summed E-state index contributed by atoms with van der Waals surface area (Å²) in [4.78, 5) is 22.2. The Morgan fingerprint density at radius 1 is 1.47 bits per heavy atom. The van der Waals surface area contributed by atoms with Crippen LogP contribution in [0.2, 0.25) is 0 Å². The zero-order valence-electron chi connectivity index (χ0n) is 9.42. The molecule has 0 aromatic heterocycles. The average molecular weight is 211 g/mol. The highest BCUT2D eigenvalue weighted by Crippen LogP contribution is 2.12. The van der Waals surface area contributed by atoms with Crippen molar-refractivity contribution < 1.29 is 14.3 Å². The number of carbonyl (C=O) groups is 2. The van der Waals surface area contributed by atoms with Crippen LogP contribution in [0.5, 0.6) is 0 Å². The molecule has 0 aliphatic heterocycles. The number of hydrogen-bond donors (Lipinski definition) is 1. The van der Waals surface area contributed by atoms with Crippen molar-refractivity contribution in [2.45, 2.75) is 39.2 Å². The fraction of sp³-hybridized carbons (Fsp3) is 0.636. The number of carbonyl (C=O) groups excluding carboxylic acids is 2. The molecule has 84 valence electrons. The number of allylic oxidation sites excluding steroid dienone is 2. The van der Waals surface area contributed by atoms with Crippen molar-refractivity contribution in [3.63, 3.8) is 0 Å². The molecule has 0 heterocycles. The Labute approximate surface area is 89.7 Å². The summed E-state index contributed by atoms with van der Waals surface area (Å²) in [6.45, 7) is 5.59. The third-order valence-corrected chi connectivity index (χ3v) is 1.86. The lowest BCUT2D eigenvalue weighted by atomic mass is 10.2. The smallest absolute Gasteiger partial charge is 0.325 e. The average Bonchev–Trinajstić information content (AvgIpc) is 2.45. The first kappa shape index (κ1) is 11.8. The van der Waals surface area contributed by atoms with Gasteiger partial charge in [-0.05, 0) is 27.2 Å². The van der Waals surface area contributed by atoms with Gasteiger partial charge in [0.15, 0.2) is 5.78 Å². The zero-order chi connectivity index (χ0) is 11.5. The van der Waals surface area contributed by atoms with Crippen LogP contribution in [0.1, 0.15) is 33.6 Å². The molecule has 0 atom stereocenters. The van der Waals surface area contributed by atoms with E-state index in [4.69, 9.17) is 4.74 Å². The zero-order valence-corrected chi connectivity index (χ0v) is 9.42. The van der Waals surface area contributed by atoms with Gasteiger partial charge >= 0.3 is 5.97 Å². The van der Waals surface area contributed by atoms with Crippen LogP contribution in [0.15, 0.2) is 11.8 Å². The molecule has 0 bridgehead atoms. The van der Waals surface area contributed by atoms with Crippen LogP contribution in [0.3, 0.4) is 0 Å². The maximum atomic E-state index is 11.3. The van der Waals surface area contributed by atoms with Crippen LogP contribution in [0.4, 0.5) is 0 Å². The lowest BCUT2D eigenvalue weighted by Gasteiger charge is -2.19. The Hall–Kier alpha value is -1.32. The molecule has 0 fully saturated rings. The third kappa shape index (κ3) is 4.63. The number of esters is 1. The van der Waals surface area contributed by atoms with E-state index < -0.39 is 5.60 Å². The molecule has 0 saturated heterocycles. The summed E-state index contributed by atoms with van der Waals surface area (Å²) in [6.07, 6.45) is 2.78. The van der Waals surface area contributed by atoms with E-state index in [-0.39, 0.29) is 18.3 Å². The predicted molar refractivity (Wildman–Crippen MR) is 56.2 cm³/mol. The minimum Gasteiger partial charge on any atom is -0.459 e. The normalized spacial score (nSPS) is 16.2. The Morgan fingerprint density at radius 2 is 2.13 bits per heavy atom. The molecule has 0 unspecified atom stereocenters. The molecule has 4 nitrogen and oxygen atoms in total. The topological polar surface area (TPSA) is 55.4 Å². The lowest BCUT2D eigenvalue weighted by molar-refractivity contribution is -0.153. The molecule has 0 radical (unpaired) electrons. The predicted octanol–water partition coefficient (Wildman–Crippen LogP) is 1.16. The van der Waals surface area contributed by atoms with Crippen molar-refractivity contribution in [2.75, 3.05) is 6.54 Å². The molecule has 1 rings (SSSR count). The molecule has 0 aromatic rings. The Kier molecular flexibility index (Phi) is 3.50. The van der Waals surface area contributed by atoms with Crippen molar-refractivity contribution in [2.24, 2.45) is 0 Å². The van der Waals surface area contributed by atoms with Gasteiger partial charge in [-0.2, -0.15) is 0 Å². The standard InChI is InChI=1S/C11H17NO3/c1-11(2,3)15-10(14)7-12-8-4-5-9(13)6-8/h6,12H,4-5,7H2,1-3H3. The van der Waals surface area contributed by atoms with E-state index in [1.165, 1.54) is 0 Å². The Morgan fingerprint density at radius 3 is 2.60 bits per heavy atom. The van der Waals surface area contributed by atoms with E-state index in [0.717, 1.165) is 5.70 Å². The quantitative estimate of drug-likeness (QED) is 0.712. The third-order valence-electron chi connectivity index (χ3n) is 1.86. The SMILES string of the molecule is CC(C)(C)OC(=O)CNC1=CC(=O)CC1. The summed E-state index contributed by atoms with van der Waals surface area (Å²) in [5.41, 5.74) is 0.365. The summed E-state index contributed by atoms with van der Waals surface area (Å²) in [7, 11) is 0. The first-order chi connectivity index (χ1) is 6.87. The highest BCUT2D eigenvalue weighted by molar-refractivity contribution is 5.92. The second kappa shape index (κ2) is 4.47. The van der Waals surface area contributed by atoms with E-state index in [0.29, 0.717) is 12.8 Å². The summed E-state index contributed by atoms with van der Waals surface area (Å²) >= 11 is 0. The van der Waals surface area contributed by atoms with Crippen molar-refractivity contribution in [3.05, 3.63) is 11.8 Å². The highest BCUT2D eigenvalue weighted by atomic mass is 16.6. The van der Waals surface area contributed by atoms with Crippen LogP contribution >= 0.6 is 0 Å². The Bertz CT molecular complexity index is 299. The minimum atomic E-state index is -0.460. The van der Waals surface area contributed by atoms with E-state index in [1.54, 1.807) is 6.08 Å². The fourth-order valence-electron chi connectivity index (χ4n) is 1.30. The van der Waals surface area contributed by atoms with E-state index >= 15 is 0 Å². The van der Waals surface area contributed by atoms with Gasteiger partial charge in [0, 0.05) is 18.2 Å². The summed E-state index contributed by atoms with van der Waals surface area (Å²) in [5.74, 6) is -0.190. The van der Waals surface area contributed by atoms with Crippen LogP contribution in [-0.2, 0) is 14.3 Å². The van der Waals surface area contributed by atoms with Gasteiger partial charge in [-0.3, -0.25) is 9.59 Å². The highest BCUT2D eigenvalue weighted by Gasteiger charge is 2.17. The molecule has 1 aliphatic carbocycles. The van der Waals surface area contributed by atoms with Gasteiger partial charge < -0.3 is 10.1 Å². The van der Waals surface area contributed by atoms with Crippen LogP contribution in [0.25, 0.3) is 0 Å². The monoisotopic (exact) mass is 211 g/mol. The van der Waals surface area contributed by atoms with Gasteiger partial charge in [-0.25, -0.2) is 0 Å². The minimum absolute atomic E-state index is 0.113. The molecule has 0 aromatic carbocycles. The van der Waals surface area contributed by atoms with Gasteiger partial charge in [0.2, 0.25) is 0 Å². The summed E-state index contributed by atoms with van der Waals surface area (Å²) in [5, 5.41) is 2.90. The van der Waals surface area contributed by atoms with E-state index in [2.05, 4.69) is 5.32 Å². The molecule has 1 N–H and O–H groups in total. The molecule has 0 saturated carbocycles. The summed E-state index contributed by atoms with van der Waals surface area (Å²) < 4.78 is 5.11. The van der Waals surface area contributed by atoms with E-state index in [9.17, 15) is 9.59 Å². The first-order valence-electron chi connectivity index (χ1n) is 5.06. The van der Waals surface area contributed by atoms with Crippen LogP contribution in [0, 0.1) is 0 Å². The molecule has 0 amide bonds. The molecule has 4 heteroatoms. The number of rotatable bonds is 3. The van der Waals surface area contributed by atoms with Crippen molar-refractivity contribution >= 4 is 11.8 Å². The fourth-order valence-corrected chi connectivity index (χ4v) is 1.30. The molecular formula is C11H17NO3. The number of ether oxygens (including phenoxy) is 1. The maximum absolute atomic E-state index is 11.3. The first-order valence-corrected chi connectivity index (χ1v) is 5.06. The van der Waals surface area contributed by atoms with Gasteiger partial charge in [-0.15, -0.1) is 0 Å².